The Kier molecular flexibility index (Phi) is 5.07. The molecule has 140 valence electrons. The standard InChI is InChI=1S/C19H21N5O3/c1-12-7-13(2)23(22-12)10-15-5-4-6-17(8-15)21-18(25)14(3)24-11-16(9-20-24)19(26)27/h4-9,11,14H,10H2,1-3H3,(H,21,25)(H,26,27). The number of benzene rings is 1. The number of carboxylic acid groups (broad SMARTS) is 1. The highest BCUT2D eigenvalue weighted by Crippen LogP contribution is 2.16. The summed E-state index contributed by atoms with van der Waals surface area (Å²) in [6.45, 7) is 6.23. The van der Waals surface area contributed by atoms with Crippen molar-refractivity contribution < 1.29 is 14.7 Å². The van der Waals surface area contributed by atoms with Crippen LogP contribution in [0.3, 0.4) is 0 Å². The molecule has 2 aromatic heterocycles. The van der Waals surface area contributed by atoms with Crippen LogP contribution in [-0.2, 0) is 11.3 Å². The highest BCUT2D eigenvalue weighted by molar-refractivity contribution is 5.93. The van der Waals surface area contributed by atoms with Gasteiger partial charge in [0.1, 0.15) is 6.04 Å². The highest BCUT2D eigenvalue weighted by atomic mass is 16.4. The number of carbonyl (C=O) groups is 2. The minimum Gasteiger partial charge on any atom is -0.478 e. The molecule has 0 bridgehead atoms. The van der Waals surface area contributed by atoms with E-state index in [-0.39, 0.29) is 11.5 Å². The molecule has 0 saturated carbocycles. The van der Waals surface area contributed by atoms with Crippen molar-refractivity contribution in [3.8, 4) is 0 Å². The maximum absolute atomic E-state index is 12.5. The first kappa shape index (κ1) is 18.4. The van der Waals surface area contributed by atoms with Gasteiger partial charge in [-0.05, 0) is 44.5 Å². The fourth-order valence-electron chi connectivity index (χ4n) is 2.78. The summed E-state index contributed by atoms with van der Waals surface area (Å²) < 4.78 is 3.24. The Morgan fingerprint density at radius 2 is 2.04 bits per heavy atom. The number of aryl methyl sites for hydroxylation is 2. The highest BCUT2D eigenvalue weighted by Gasteiger charge is 2.18. The number of rotatable bonds is 6. The lowest BCUT2D eigenvalue weighted by atomic mass is 10.2. The lowest BCUT2D eigenvalue weighted by molar-refractivity contribution is -0.119. The van der Waals surface area contributed by atoms with E-state index in [4.69, 9.17) is 5.11 Å². The van der Waals surface area contributed by atoms with Crippen LogP contribution in [0.1, 0.15) is 40.3 Å². The number of hydrogen-bond donors (Lipinski definition) is 2. The van der Waals surface area contributed by atoms with Gasteiger partial charge in [-0.25, -0.2) is 4.79 Å². The molecular weight excluding hydrogens is 346 g/mol. The Hall–Kier alpha value is -3.42. The van der Waals surface area contributed by atoms with Crippen LogP contribution in [0.25, 0.3) is 0 Å². The van der Waals surface area contributed by atoms with Crippen LogP contribution >= 0.6 is 0 Å². The smallest absolute Gasteiger partial charge is 0.338 e. The average Bonchev–Trinajstić information content (AvgIpc) is 3.21. The zero-order valence-corrected chi connectivity index (χ0v) is 15.4. The number of aromatic nitrogens is 4. The molecule has 0 saturated heterocycles. The third-order valence-electron chi connectivity index (χ3n) is 4.25. The molecule has 0 aliphatic carbocycles. The summed E-state index contributed by atoms with van der Waals surface area (Å²) >= 11 is 0. The van der Waals surface area contributed by atoms with Gasteiger partial charge in [0.25, 0.3) is 0 Å². The van der Waals surface area contributed by atoms with Crippen LogP contribution in [0.4, 0.5) is 5.69 Å². The first-order chi connectivity index (χ1) is 12.8. The van der Waals surface area contributed by atoms with Gasteiger partial charge in [-0.1, -0.05) is 12.1 Å². The number of anilines is 1. The van der Waals surface area contributed by atoms with Crippen molar-refractivity contribution in [2.45, 2.75) is 33.4 Å². The van der Waals surface area contributed by atoms with Crippen LogP contribution in [0.2, 0.25) is 0 Å². The van der Waals surface area contributed by atoms with Gasteiger partial charge in [0.05, 0.1) is 24.0 Å². The molecular formula is C19H21N5O3. The molecule has 8 nitrogen and oxygen atoms in total. The van der Waals surface area contributed by atoms with Gasteiger partial charge in [-0.15, -0.1) is 0 Å². The predicted molar refractivity (Wildman–Crippen MR) is 99.8 cm³/mol. The van der Waals surface area contributed by atoms with Crippen molar-refractivity contribution in [2.24, 2.45) is 0 Å². The summed E-state index contributed by atoms with van der Waals surface area (Å²) in [7, 11) is 0. The Labute approximate surface area is 156 Å². The van der Waals surface area contributed by atoms with Crippen LogP contribution in [0.15, 0.2) is 42.7 Å². The van der Waals surface area contributed by atoms with E-state index in [9.17, 15) is 9.59 Å². The second kappa shape index (κ2) is 7.45. The predicted octanol–water partition coefficient (Wildman–Crippen LogP) is 2.64. The minimum absolute atomic E-state index is 0.0431. The quantitative estimate of drug-likeness (QED) is 0.697. The van der Waals surface area contributed by atoms with Crippen molar-refractivity contribution in [1.82, 2.24) is 19.6 Å². The van der Waals surface area contributed by atoms with Gasteiger partial charge < -0.3 is 10.4 Å². The fourth-order valence-corrected chi connectivity index (χ4v) is 2.78. The van der Waals surface area contributed by atoms with E-state index in [1.165, 1.54) is 17.1 Å². The summed E-state index contributed by atoms with van der Waals surface area (Å²) in [4.78, 5) is 23.4. The van der Waals surface area contributed by atoms with Crippen LogP contribution in [0, 0.1) is 13.8 Å². The SMILES string of the molecule is Cc1cc(C)n(Cc2cccc(NC(=O)C(C)n3cc(C(=O)O)cn3)c2)n1. The summed E-state index contributed by atoms with van der Waals surface area (Å²) in [5.41, 5.74) is 3.76. The molecule has 2 N–H and O–H groups in total. The Morgan fingerprint density at radius 1 is 1.26 bits per heavy atom. The fraction of sp³-hybridized carbons (Fsp3) is 0.263. The molecule has 3 aromatic rings. The maximum Gasteiger partial charge on any atom is 0.338 e. The van der Waals surface area contributed by atoms with E-state index in [0.29, 0.717) is 12.2 Å². The van der Waals surface area contributed by atoms with E-state index < -0.39 is 12.0 Å². The molecule has 2 heterocycles. The van der Waals surface area contributed by atoms with Crippen LogP contribution < -0.4 is 5.32 Å². The van der Waals surface area contributed by atoms with Crippen molar-refractivity contribution in [1.29, 1.82) is 0 Å². The third-order valence-corrected chi connectivity index (χ3v) is 4.25. The number of amides is 1. The lowest BCUT2D eigenvalue weighted by Gasteiger charge is -2.13. The molecule has 0 radical (unpaired) electrons. The van der Waals surface area contributed by atoms with Crippen molar-refractivity contribution in [3.63, 3.8) is 0 Å². The number of hydrogen-bond acceptors (Lipinski definition) is 4. The van der Waals surface area contributed by atoms with Gasteiger partial charge in [0.2, 0.25) is 5.91 Å². The molecule has 0 aliphatic rings. The minimum atomic E-state index is -1.08. The molecule has 1 atom stereocenters. The van der Waals surface area contributed by atoms with Crippen LogP contribution in [-0.4, -0.2) is 36.5 Å². The van der Waals surface area contributed by atoms with Gasteiger partial charge in [-0.2, -0.15) is 10.2 Å². The normalized spacial score (nSPS) is 12.0. The zero-order valence-electron chi connectivity index (χ0n) is 15.4. The first-order valence-corrected chi connectivity index (χ1v) is 8.52. The molecule has 8 heteroatoms. The second-order valence-corrected chi connectivity index (χ2v) is 6.46. The molecule has 1 aromatic carbocycles. The number of carboxylic acids is 1. The monoisotopic (exact) mass is 367 g/mol. The third kappa shape index (κ3) is 4.22. The van der Waals surface area contributed by atoms with Crippen molar-refractivity contribution in [2.75, 3.05) is 5.32 Å². The van der Waals surface area contributed by atoms with E-state index in [1.807, 2.05) is 42.8 Å². The molecule has 0 aliphatic heterocycles. The van der Waals surface area contributed by atoms with Gasteiger partial charge >= 0.3 is 5.97 Å². The number of aromatic carboxylic acids is 1. The average molecular weight is 367 g/mol. The largest absolute Gasteiger partial charge is 0.478 e. The molecule has 0 spiro atoms. The Balaban J connectivity index is 1.70. The van der Waals surface area contributed by atoms with Crippen LogP contribution in [0.5, 0.6) is 0 Å². The summed E-state index contributed by atoms with van der Waals surface area (Å²) in [6, 6.07) is 8.93. The van der Waals surface area contributed by atoms with E-state index in [1.54, 1.807) is 13.0 Å². The molecule has 1 amide bonds. The summed E-state index contributed by atoms with van der Waals surface area (Å²) in [5.74, 6) is -1.36. The molecule has 27 heavy (non-hydrogen) atoms. The number of nitrogens with zero attached hydrogens (tertiary/aromatic N) is 4. The Bertz CT molecular complexity index is 989. The van der Waals surface area contributed by atoms with Crippen molar-refractivity contribution >= 4 is 17.6 Å². The molecule has 3 rings (SSSR count). The van der Waals surface area contributed by atoms with Crippen molar-refractivity contribution in [3.05, 3.63) is 65.2 Å². The van der Waals surface area contributed by atoms with E-state index >= 15 is 0 Å². The zero-order chi connectivity index (χ0) is 19.6. The number of carbonyl (C=O) groups excluding carboxylic acids is 1. The maximum atomic E-state index is 12.5. The lowest BCUT2D eigenvalue weighted by Crippen LogP contribution is -2.24. The van der Waals surface area contributed by atoms with Gasteiger partial charge in [0, 0.05) is 17.6 Å². The first-order valence-electron chi connectivity index (χ1n) is 8.52. The number of nitrogens with one attached hydrogen (secondary N) is 1. The van der Waals surface area contributed by atoms with Gasteiger partial charge in [-0.3, -0.25) is 14.2 Å². The molecule has 0 fully saturated rings. The summed E-state index contributed by atoms with van der Waals surface area (Å²) in [6.07, 6.45) is 2.56. The van der Waals surface area contributed by atoms with Gasteiger partial charge in [0.15, 0.2) is 0 Å². The topological polar surface area (TPSA) is 102 Å². The summed E-state index contributed by atoms with van der Waals surface area (Å²) in [5, 5.41) is 20.2. The van der Waals surface area contributed by atoms with E-state index in [2.05, 4.69) is 15.5 Å². The second-order valence-electron chi connectivity index (χ2n) is 6.46. The van der Waals surface area contributed by atoms with E-state index in [0.717, 1.165) is 17.0 Å². The Morgan fingerprint density at radius 3 is 2.67 bits per heavy atom. The molecule has 1 unspecified atom stereocenters.